The average Bonchev–Trinajstić information content (AvgIpc) is 2.90. The van der Waals surface area contributed by atoms with Crippen molar-refractivity contribution >= 4 is 38.3 Å². The molecule has 0 aliphatic heterocycles. The largest absolute Gasteiger partial charge is 0.457 e. The van der Waals surface area contributed by atoms with Gasteiger partial charge in [-0.15, -0.1) is 11.3 Å². The number of nitrogens with zero attached hydrogens (tertiary/aromatic N) is 1. The lowest BCUT2D eigenvalue weighted by Gasteiger charge is -1.98. The molecule has 2 heterocycles. The molecule has 17 heavy (non-hydrogen) atoms. The van der Waals surface area contributed by atoms with Gasteiger partial charge in [0.05, 0.1) is 17.5 Å². The van der Waals surface area contributed by atoms with E-state index in [0.717, 1.165) is 5.69 Å². The minimum Gasteiger partial charge on any atom is -0.457 e. The van der Waals surface area contributed by atoms with E-state index < -0.39 is 0 Å². The first-order valence-corrected chi connectivity index (χ1v) is 6.91. The van der Waals surface area contributed by atoms with E-state index in [1.165, 1.54) is 30.4 Å². The zero-order chi connectivity index (χ0) is 11.8. The Labute approximate surface area is 110 Å². The quantitative estimate of drug-likeness (QED) is 0.941. The number of nitrogens with one attached hydrogen (secondary N) is 1. The molecule has 1 N–H and O–H groups in total. The first-order valence-electron chi connectivity index (χ1n) is 5.24. The number of furan rings is 1. The third kappa shape index (κ3) is 2.28. The monoisotopic (exact) mass is 312 g/mol. The number of carbonyl (C=O) groups excluding carboxylic acids is 1. The molecule has 4 nitrogen and oxygen atoms in total. The number of thiazole rings is 1. The smallest absolute Gasteiger partial charge is 0.261 e. The van der Waals surface area contributed by atoms with Crippen molar-refractivity contribution in [3.05, 3.63) is 33.6 Å². The normalized spacial score (nSPS) is 14.9. The van der Waals surface area contributed by atoms with Crippen LogP contribution in [0.1, 0.15) is 34.8 Å². The maximum Gasteiger partial charge on any atom is 0.261 e. The average molecular weight is 313 g/mol. The third-order valence-corrected chi connectivity index (χ3v) is 3.99. The lowest BCUT2D eigenvalue weighted by Crippen LogP contribution is -2.11. The molecule has 1 amide bonds. The molecule has 0 bridgehead atoms. The van der Waals surface area contributed by atoms with Gasteiger partial charge >= 0.3 is 0 Å². The first kappa shape index (κ1) is 11.0. The van der Waals surface area contributed by atoms with E-state index in [0.29, 0.717) is 21.3 Å². The SMILES string of the molecule is O=C(Nc1nc(C2CC2)cs1)c1ccoc1Br. The molecule has 0 spiro atoms. The zero-order valence-corrected chi connectivity index (χ0v) is 11.2. The second kappa shape index (κ2) is 4.27. The molecule has 3 rings (SSSR count). The summed E-state index contributed by atoms with van der Waals surface area (Å²) in [5.74, 6) is 0.403. The number of hydrogen-bond donors (Lipinski definition) is 1. The van der Waals surface area contributed by atoms with Gasteiger partial charge in [0.15, 0.2) is 9.80 Å². The van der Waals surface area contributed by atoms with Crippen molar-refractivity contribution in [2.75, 3.05) is 5.32 Å². The Hall–Kier alpha value is -1.14. The van der Waals surface area contributed by atoms with Gasteiger partial charge in [-0.1, -0.05) is 0 Å². The molecule has 1 aliphatic rings. The summed E-state index contributed by atoms with van der Waals surface area (Å²) in [5.41, 5.74) is 1.57. The van der Waals surface area contributed by atoms with Crippen LogP contribution in [0.15, 0.2) is 26.8 Å². The Balaban J connectivity index is 1.73. The molecule has 2 aromatic heterocycles. The highest BCUT2D eigenvalue weighted by Gasteiger charge is 2.26. The molecule has 1 saturated carbocycles. The van der Waals surface area contributed by atoms with Crippen molar-refractivity contribution < 1.29 is 9.21 Å². The van der Waals surface area contributed by atoms with Crippen LogP contribution in [0, 0.1) is 0 Å². The fourth-order valence-corrected chi connectivity index (χ4v) is 2.74. The molecule has 0 atom stereocenters. The van der Waals surface area contributed by atoms with E-state index >= 15 is 0 Å². The van der Waals surface area contributed by atoms with Gasteiger partial charge in [0, 0.05) is 11.3 Å². The van der Waals surface area contributed by atoms with Gasteiger partial charge in [0.2, 0.25) is 0 Å². The number of anilines is 1. The van der Waals surface area contributed by atoms with Crippen LogP contribution in [0.2, 0.25) is 0 Å². The molecule has 0 radical (unpaired) electrons. The maximum absolute atomic E-state index is 11.9. The highest BCUT2D eigenvalue weighted by molar-refractivity contribution is 9.10. The van der Waals surface area contributed by atoms with Crippen LogP contribution in [-0.2, 0) is 0 Å². The molecule has 1 aliphatic carbocycles. The van der Waals surface area contributed by atoms with Crippen molar-refractivity contribution in [1.29, 1.82) is 0 Å². The molecule has 2 aromatic rings. The van der Waals surface area contributed by atoms with Gasteiger partial charge in [0.1, 0.15) is 0 Å². The third-order valence-electron chi connectivity index (χ3n) is 2.60. The van der Waals surface area contributed by atoms with Crippen LogP contribution >= 0.6 is 27.3 Å². The topological polar surface area (TPSA) is 55.1 Å². The Morgan fingerprint density at radius 3 is 3.06 bits per heavy atom. The number of halogens is 1. The fourth-order valence-electron chi connectivity index (χ4n) is 1.53. The van der Waals surface area contributed by atoms with E-state index in [9.17, 15) is 4.79 Å². The van der Waals surface area contributed by atoms with E-state index in [1.54, 1.807) is 6.07 Å². The highest BCUT2D eigenvalue weighted by atomic mass is 79.9. The predicted molar refractivity (Wildman–Crippen MR) is 68.5 cm³/mol. The van der Waals surface area contributed by atoms with Crippen LogP contribution in [0.3, 0.4) is 0 Å². The minimum absolute atomic E-state index is 0.206. The van der Waals surface area contributed by atoms with Crippen molar-refractivity contribution in [2.45, 2.75) is 18.8 Å². The summed E-state index contributed by atoms with van der Waals surface area (Å²) < 4.78 is 5.45. The number of aromatic nitrogens is 1. The summed E-state index contributed by atoms with van der Waals surface area (Å²) in [7, 11) is 0. The predicted octanol–water partition coefficient (Wildman–Crippen LogP) is 3.63. The van der Waals surface area contributed by atoms with Crippen LogP contribution in [0.25, 0.3) is 0 Å². The summed E-state index contributed by atoms with van der Waals surface area (Å²) in [6.07, 6.45) is 3.89. The van der Waals surface area contributed by atoms with Gasteiger partial charge in [-0.2, -0.15) is 0 Å². The Morgan fingerprint density at radius 1 is 1.59 bits per heavy atom. The van der Waals surface area contributed by atoms with Crippen LogP contribution in [0.4, 0.5) is 5.13 Å². The number of carbonyl (C=O) groups is 1. The number of hydrogen-bond acceptors (Lipinski definition) is 4. The van der Waals surface area contributed by atoms with Crippen molar-refractivity contribution in [1.82, 2.24) is 4.98 Å². The van der Waals surface area contributed by atoms with E-state index in [2.05, 4.69) is 26.2 Å². The van der Waals surface area contributed by atoms with Gasteiger partial charge in [0.25, 0.3) is 5.91 Å². The standard InChI is InChI=1S/C11H9BrN2O2S/c12-9-7(3-4-16-9)10(15)14-11-13-8(5-17-11)6-1-2-6/h3-6H,1-2H2,(H,13,14,15). The van der Waals surface area contributed by atoms with Crippen LogP contribution < -0.4 is 5.32 Å². The fraction of sp³-hybridized carbons (Fsp3) is 0.273. The molecule has 6 heteroatoms. The zero-order valence-electron chi connectivity index (χ0n) is 8.77. The molecule has 1 fully saturated rings. The molecule has 0 aromatic carbocycles. The lowest BCUT2D eigenvalue weighted by atomic mass is 10.3. The molecule has 0 saturated heterocycles. The molecular formula is C11H9BrN2O2S. The van der Waals surface area contributed by atoms with Gasteiger partial charge in [-0.3, -0.25) is 10.1 Å². The van der Waals surface area contributed by atoms with E-state index in [4.69, 9.17) is 4.42 Å². The summed E-state index contributed by atoms with van der Waals surface area (Å²) in [6, 6.07) is 1.62. The van der Waals surface area contributed by atoms with Gasteiger partial charge < -0.3 is 4.42 Å². The van der Waals surface area contributed by atoms with Crippen LogP contribution in [0.5, 0.6) is 0 Å². The molecular weight excluding hydrogens is 304 g/mol. The van der Waals surface area contributed by atoms with Crippen molar-refractivity contribution in [3.8, 4) is 0 Å². The number of rotatable bonds is 3. The second-order valence-corrected chi connectivity index (χ2v) is 5.49. The van der Waals surface area contributed by atoms with E-state index in [-0.39, 0.29) is 5.91 Å². The van der Waals surface area contributed by atoms with E-state index in [1.807, 2.05) is 5.38 Å². The Bertz CT molecular complexity index is 559. The Morgan fingerprint density at radius 2 is 2.41 bits per heavy atom. The summed E-state index contributed by atoms with van der Waals surface area (Å²) in [5, 5.41) is 5.42. The summed E-state index contributed by atoms with van der Waals surface area (Å²) >= 11 is 4.63. The highest BCUT2D eigenvalue weighted by Crippen LogP contribution is 2.40. The van der Waals surface area contributed by atoms with Gasteiger partial charge in [-0.25, -0.2) is 4.98 Å². The first-order chi connectivity index (χ1) is 8.24. The maximum atomic E-state index is 11.9. The lowest BCUT2D eigenvalue weighted by molar-refractivity contribution is 0.102. The van der Waals surface area contributed by atoms with Crippen molar-refractivity contribution in [3.63, 3.8) is 0 Å². The summed E-state index contributed by atoms with van der Waals surface area (Å²) in [4.78, 5) is 16.2. The minimum atomic E-state index is -0.206. The second-order valence-electron chi connectivity index (χ2n) is 3.91. The number of amides is 1. The summed E-state index contributed by atoms with van der Waals surface area (Å²) in [6.45, 7) is 0. The Kier molecular flexibility index (Phi) is 2.76. The molecule has 88 valence electrons. The van der Waals surface area contributed by atoms with Crippen molar-refractivity contribution in [2.24, 2.45) is 0 Å². The molecule has 0 unspecified atom stereocenters. The van der Waals surface area contributed by atoms with Gasteiger partial charge in [-0.05, 0) is 34.8 Å². The van der Waals surface area contributed by atoms with Crippen LogP contribution in [-0.4, -0.2) is 10.9 Å².